The first-order valence-corrected chi connectivity index (χ1v) is 9.78. The molecule has 0 amide bonds. The molecule has 2 aromatic carbocycles. The highest BCUT2D eigenvalue weighted by Crippen LogP contribution is 2.34. The fourth-order valence-electron chi connectivity index (χ4n) is 3.82. The molecule has 0 atom stereocenters. The van der Waals surface area contributed by atoms with Gasteiger partial charge in [0.2, 0.25) is 0 Å². The zero-order chi connectivity index (χ0) is 18.4. The lowest BCUT2D eigenvalue weighted by Crippen LogP contribution is -2.48. The van der Waals surface area contributed by atoms with Gasteiger partial charge in [-0.25, -0.2) is 0 Å². The van der Waals surface area contributed by atoms with Gasteiger partial charge in [0.15, 0.2) is 5.11 Å². The van der Waals surface area contributed by atoms with E-state index in [0.717, 1.165) is 24.3 Å². The molecule has 0 aliphatic heterocycles. The van der Waals surface area contributed by atoms with E-state index in [1.165, 1.54) is 36.8 Å². The molecular formula is C22H28N2OS. The average molecular weight is 369 g/mol. The molecule has 0 aromatic heterocycles. The minimum atomic E-state index is 0.111. The van der Waals surface area contributed by atoms with Gasteiger partial charge < -0.3 is 15.4 Å². The van der Waals surface area contributed by atoms with E-state index in [4.69, 9.17) is 17.0 Å². The van der Waals surface area contributed by atoms with Crippen LogP contribution in [0.15, 0.2) is 48.5 Å². The molecular weight excluding hydrogens is 340 g/mol. The van der Waals surface area contributed by atoms with Gasteiger partial charge in [0.05, 0.1) is 7.11 Å². The molecule has 0 heterocycles. The fraction of sp³-hybridized carbons (Fsp3) is 0.409. The second-order valence-electron chi connectivity index (χ2n) is 7.28. The third-order valence-corrected chi connectivity index (χ3v) is 5.47. The van der Waals surface area contributed by atoms with E-state index in [0.29, 0.717) is 5.11 Å². The van der Waals surface area contributed by atoms with Crippen molar-refractivity contribution in [3.05, 3.63) is 59.7 Å². The molecule has 2 N–H and O–H groups in total. The maximum absolute atomic E-state index is 5.60. The number of ether oxygens (including phenoxy) is 1. The molecule has 1 aliphatic carbocycles. The molecule has 138 valence electrons. The SMILES string of the molecule is COc1ccc(NC(=S)NC2(CCc3cccc(C)c3)CCCC2)cc1. The Balaban J connectivity index is 1.60. The summed E-state index contributed by atoms with van der Waals surface area (Å²) < 4.78 is 5.20. The van der Waals surface area contributed by atoms with Gasteiger partial charge in [-0.15, -0.1) is 0 Å². The van der Waals surface area contributed by atoms with Crippen LogP contribution in [0.1, 0.15) is 43.2 Å². The third kappa shape index (κ3) is 4.98. The molecule has 0 bridgehead atoms. The van der Waals surface area contributed by atoms with Crippen molar-refractivity contribution in [1.29, 1.82) is 0 Å². The van der Waals surface area contributed by atoms with Crippen molar-refractivity contribution in [3.63, 3.8) is 0 Å². The first-order chi connectivity index (χ1) is 12.6. The van der Waals surface area contributed by atoms with Gasteiger partial charge in [-0.3, -0.25) is 0 Å². The summed E-state index contributed by atoms with van der Waals surface area (Å²) in [6.07, 6.45) is 7.10. The van der Waals surface area contributed by atoms with Crippen LogP contribution >= 0.6 is 12.2 Å². The minimum absolute atomic E-state index is 0.111. The molecule has 3 rings (SSSR count). The Labute approximate surface area is 162 Å². The first kappa shape index (κ1) is 18.7. The molecule has 4 heteroatoms. The number of hydrogen-bond acceptors (Lipinski definition) is 2. The highest BCUT2D eigenvalue weighted by atomic mass is 32.1. The molecule has 1 saturated carbocycles. The summed E-state index contributed by atoms with van der Waals surface area (Å²) in [6, 6.07) is 16.7. The Kier molecular flexibility index (Phi) is 6.15. The minimum Gasteiger partial charge on any atom is -0.497 e. The molecule has 1 fully saturated rings. The Morgan fingerprint density at radius 3 is 2.50 bits per heavy atom. The third-order valence-electron chi connectivity index (χ3n) is 5.26. The van der Waals surface area contributed by atoms with Gasteiger partial charge in [0.1, 0.15) is 5.75 Å². The summed E-state index contributed by atoms with van der Waals surface area (Å²) in [5, 5.41) is 7.67. The van der Waals surface area contributed by atoms with Crippen molar-refractivity contribution in [2.45, 2.75) is 51.0 Å². The van der Waals surface area contributed by atoms with Gasteiger partial charge in [-0.05, 0) is 74.7 Å². The zero-order valence-electron chi connectivity index (χ0n) is 15.7. The van der Waals surface area contributed by atoms with Gasteiger partial charge >= 0.3 is 0 Å². The van der Waals surface area contributed by atoms with Crippen LogP contribution in [0.3, 0.4) is 0 Å². The highest BCUT2D eigenvalue weighted by molar-refractivity contribution is 7.80. The van der Waals surface area contributed by atoms with Crippen LogP contribution in [0.4, 0.5) is 5.69 Å². The monoisotopic (exact) mass is 368 g/mol. The molecule has 0 saturated heterocycles. The lowest BCUT2D eigenvalue weighted by atomic mass is 9.89. The van der Waals surface area contributed by atoms with E-state index in [1.807, 2.05) is 24.3 Å². The Bertz CT molecular complexity index is 736. The highest BCUT2D eigenvalue weighted by Gasteiger charge is 2.34. The van der Waals surface area contributed by atoms with Gasteiger partial charge in [0.25, 0.3) is 0 Å². The first-order valence-electron chi connectivity index (χ1n) is 9.37. The fourth-order valence-corrected chi connectivity index (χ4v) is 4.15. The largest absolute Gasteiger partial charge is 0.497 e. The second kappa shape index (κ2) is 8.54. The van der Waals surface area contributed by atoms with Crippen LogP contribution in [0.2, 0.25) is 0 Å². The summed E-state index contributed by atoms with van der Waals surface area (Å²) in [7, 11) is 1.67. The van der Waals surface area contributed by atoms with E-state index >= 15 is 0 Å². The second-order valence-corrected chi connectivity index (χ2v) is 7.69. The van der Waals surface area contributed by atoms with E-state index in [-0.39, 0.29) is 5.54 Å². The number of benzene rings is 2. The lowest BCUT2D eigenvalue weighted by Gasteiger charge is -2.32. The molecule has 0 radical (unpaired) electrons. The van der Waals surface area contributed by atoms with Crippen LogP contribution in [0, 0.1) is 6.92 Å². The molecule has 0 unspecified atom stereocenters. The number of hydrogen-bond donors (Lipinski definition) is 2. The van der Waals surface area contributed by atoms with E-state index in [2.05, 4.69) is 41.8 Å². The van der Waals surface area contributed by atoms with Crippen molar-refractivity contribution in [1.82, 2.24) is 5.32 Å². The van der Waals surface area contributed by atoms with Crippen LogP contribution in [-0.2, 0) is 6.42 Å². The molecule has 3 nitrogen and oxygen atoms in total. The molecule has 2 aromatic rings. The molecule has 0 spiro atoms. The number of nitrogens with one attached hydrogen (secondary N) is 2. The van der Waals surface area contributed by atoms with Crippen molar-refractivity contribution in [2.75, 3.05) is 12.4 Å². The van der Waals surface area contributed by atoms with Crippen LogP contribution in [-0.4, -0.2) is 17.8 Å². The van der Waals surface area contributed by atoms with Gasteiger partial charge in [-0.2, -0.15) is 0 Å². The Morgan fingerprint density at radius 1 is 1.12 bits per heavy atom. The summed E-state index contributed by atoms with van der Waals surface area (Å²) in [5.41, 5.74) is 3.83. The predicted molar refractivity (Wildman–Crippen MR) is 113 cm³/mol. The Hall–Kier alpha value is -2.07. The number of thiocarbonyl (C=S) groups is 1. The van der Waals surface area contributed by atoms with Crippen molar-refractivity contribution >= 4 is 23.0 Å². The number of aryl methyl sites for hydroxylation is 2. The van der Waals surface area contributed by atoms with E-state index in [1.54, 1.807) is 7.11 Å². The molecule has 1 aliphatic rings. The van der Waals surface area contributed by atoms with E-state index < -0.39 is 0 Å². The Morgan fingerprint density at radius 2 is 1.85 bits per heavy atom. The lowest BCUT2D eigenvalue weighted by molar-refractivity contribution is 0.362. The van der Waals surface area contributed by atoms with Crippen molar-refractivity contribution in [2.24, 2.45) is 0 Å². The average Bonchev–Trinajstić information content (AvgIpc) is 3.09. The number of anilines is 1. The van der Waals surface area contributed by atoms with Crippen molar-refractivity contribution in [3.8, 4) is 5.75 Å². The number of rotatable bonds is 6. The normalized spacial score (nSPS) is 15.5. The quantitative estimate of drug-likeness (QED) is 0.684. The van der Waals surface area contributed by atoms with Gasteiger partial charge in [0, 0.05) is 11.2 Å². The maximum atomic E-state index is 5.60. The van der Waals surface area contributed by atoms with Crippen LogP contribution in [0.25, 0.3) is 0 Å². The maximum Gasteiger partial charge on any atom is 0.171 e. The van der Waals surface area contributed by atoms with Gasteiger partial charge in [-0.1, -0.05) is 42.7 Å². The summed E-state index contributed by atoms with van der Waals surface area (Å²) >= 11 is 5.60. The standard InChI is InChI=1S/C22H28N2OS/c1-17-6-5-7-18(16-17)12-15-22(13-3-4-14-22)24-21(26)23-19-8-10-20(25-2)11-9-19/h5-11,16H,3-4,12-15H2,1-2H3,(H2,23,24,26). The van der Waals surface area contributed by atoms with Crippen LogP contribution < -0.4 is 15.4 Å². The molecule has 26 heavy (non-hydrogen) atoms. The van der Waals surface area contributed by atoms with Crippen molar-refractivity contribution < 1.29 is 4.74 Å². The van der Waals surface area contributed by atoms with Crippen LogP contribution in [0.5, 0.6) is 5.75 Å². The summed E-state index contributed by atoms with van der Waals surface area (Å²) in [5.74, 6) is 0.847. The zero-order valence-corrected chi connectivity index (χ0v) is 16.5. The summed E-state index contributed by atoms with van der Waals surface area (Å²) in [6.45, 7) is 2.15. The van der Waals surface area contributed by atoms with E-state index in [9.17, 15) is 0 Å². The number of methoxy groups -OCH3 is 1. The smallest absolute Gasteiger partial charge is 0.171 e. The topological polar surface area (TPSA) is 33.3 Å². The predicted octanol–water partition coefficient (Wildman–Crippen LogP) is 5.24. The summed E-state index contributed by atoms with van der Waals surface area (Å²) in [4.78, 5) is 0.